The number of amides is 2. The van der Waals surface area contributed by atoms with Crippen LogP contribution in [0, 0.1) is 6.92 Å². The maximum Gasteiger partial charge on any atom is 0.261 e. The highest BCUT2D eigenvalue weighted by Gasteiger charge is 2.16. The largest absolute Gasteiger partial charge is 0.350 e. The highest BCUT2D eigenvalue weighted by Crippen LogP contribution is 2.08. The van der Waals surface area contributed by atoms with Crippen molar-refractivity contribution in [2.24, 2.45) is 0 Å². The Morgan fingerprint density at radius 2 is 2.05 bits per heavy atom. The first-order chi connectivity index (χ1) is 10.1. The van der Waals surface area contributed by atoms with Gasteiger partial charge in [-0.25, -0.2) is 0 Å². The molecule has 1 unspecified atom stereocenters. The highest BCUT2D eigenvalue weighted by molar-refractivity contribution is 7.12. The van der Waals surface area contributed by atoms with Crippen LogP contribution in [0.4, 0.5) is 0 Å². The first-order valence-electron chi connectivity index (χ1n) is 6.74. The van der Waals surface area contributed by atoms with Crippen molar-refractivity contribution in [2.75, 3.05) is 0 Å². The third-order valence-corrected chi connectivity index (χ3v) is 3.90. The molecule has 5 heteroatoms. The van der Waals surface area contributed by atoms with Gasteiger partial charge in [-0.15, -0.1) is 11.3 Å². The van der Waals surface area contributed by atoms with E-state index in [-0.39, 0.29) is 11.8 Å². The normalized spacial score (nSPS) is 11.7. The van der Waals surface area contributed by atoms with Crippen molar-refractivity contribution in [1.82, 2.24) is 10.6 Å². The lowest BCUT2D eigenvalue weighted by Crippen LogP contribution is -2.44. The van der Waals surface area contributed by atoms with Crippen LogP contribution < -0.4 is 10.6 Å². The summed E-state index contributed by atoms with van der Waals surface area (Å²) >= 11 is 1.35. The molecule has 0 spiro atoms. The monoisotopic (exact) mass is 302 g/mol. The molecule has 0 saturated carbocycles. The number of nitrogens with one attached hydrogen (secondary N) is 2. The molecule has 110 valence electrons. The quantitative estimate of drug-likeness (QED) is 0.891. The van der Waals surface area contributed by atoms with Gasteiger partial charge in [0.25, 0.3) is 5.91 Å². The lowest BCUT2D eigenvalue weighted by atomic mass is 10.1. The van der Waals surface area contributed by atoms with Gasteiger partial charge in [0.15, 0.2) is 0 Å². The Hall–Kier alpha value is -2.14. The SMILES string of the molecule is Cc1cccc(CNC(=O)C(C)NC(=O)c2cccs2)c1. The van der Waals surface area contributed by atoms with E-state index in [0.717, 1.165) is 11.1 Å². The van der Waals surface area contributed by atoms with Gasteiger partial charge < -0.3 is 10.6 Å². The molecule has 4 nitrogen and oxygen atoms in total. The van der Waals surface area contributed by atoms with Crippen molar-refractivity contribution >= 4 is 23.2 Å². The smallest absolute Gasteiger partial charge is 0.261 e. The molecular formula is C16H18N2O2S. The molecular weight excluding hydrogens is 284 g/mol. The minimum atomic E-state index is -0.565. The van der Waals surface area contributed by atoms with E-state index in [4.69, 9.17) is 0 Å². The number of thiophene rings is 1. The second-order valence-corrected chi connectivity index (χ2v) is 5.83. The minimum Gasteiger partial charge on any atom is -0.350 e. The second-order valence-electron chi connectivity index (χ2n) is 4.88. The van der Waals surface area contributed by atoms with Crippen LogP contribution in [0.1, 0.15) is 27.7 Å². The lowest BCUT2D eigenvalue weighted by molar-refractivity contribution is -0.122. The molecule has 0 saturated heterocycles. The Balaban J connectivity index is 1.84. The summed E-state index contributed by atoms with van der Waals surface area (Å²) < 4.78 is 0. The van der Waals surface area contributed by atoms with Gasteiger partial charge in [-0.05, 0) is 30.9 Å². The number of carbonyl (C=O) groups is 2. The third-order valence-electron chi connectivity index (χ3n) is 3.04. The Bertz CT molecular complexity index is 623. The van der Waals surface area contributed by atoms with Gasteiger partial charge in [0.2, 0.25) is 5.91 Å². The van der Waals surface area contributed by atoms with Crippen LogP contribution in [0.25, 0.3) is 0 Å². The van der Waals surface area contributed by atoms with Gasteiger partial charge in [0, 0.05) is 6.54 Å². The minimum absolute atomic E-state index is 0.193. The van der Waals surface area contributed by atoms with Crippen LogP contribution in [0.3, 0.4) is 0 Å². The Morgan fingerprint density at radius 3 is 2.71 bits per heavy atom. The zero-order chi connectivity index (χ0) is 15.2. The molecule has 2 rings (SSSR count). The van der Waals surface area contributed by atoms with Crippen molar-refractivity contribution < 1.29 is 9.59 Å². The molecule has 21 heavy (non-hydrogen) atoms. The standard InChI is InChI=1S/C16H18N2O2S/c1-11-5-3-6-13(9-11)10-17-15(19)12(2)18-16(20)14-7-4-8-21-14/h3-9,12H,10H2,1-2H3,(H,17,19)(H,18,20). The fourth-order valence-electron chi connectivity index (χ4n) is 1.91. The molecule has 0 aliphatic rings. The van der Waals surface area contributed by atoms with Gasteiger partial charge in [-0.1, -0.05) is 35.9 Å². The maximum atomic E-state index is 12.0. The van der Waals surface area contributed by atoms with Gasteiger partial charge in [-0.2, -0.15) is 0 Å². The molecule has 0 radical (unpaired) electrons. The number of carbonyl (C=O) groups excluding carboxylic acids is 2. The summed E-state index contributed by atoms with van der Waals surface area (Å²) in [5.74, 6) is -0.412. The van der Waals surface area contributed by atoms with E-state index in [1.165, 1.54) is 11.3 Å². The summed E-state index contributed by atoms with van der Waals surface area (Å²) in [5, 5.41) is 7.35. The van der Waals surface area contributed by atoms with E-state index < -0.39 is 6.04 Å². The van der Waals surface area contributed by atoms with Gasteiger partial charge in [0.05, 0.1) is 4.88 Å². The first kappa shape index (κ1) is 15.3. The van der Waals surface area contributed by atoms with Crippen LogP contribution in [0.5, 0.6) is 0 Å². The molecule has 1 aromatic heterocycles. The third kappa shape index (κ3) is 4.43. The summed E-state index contributed by atoms with van der Waals surface area (Å²) in [4.78, 5) is 24.4. The summed E-state index contributed by atoms with van der Waals surface area (Å²) in [5.41, 5.74) is 2.20. The molecule has 1 aromatic carbocycles. The summed E-state index contributed by atoms with van der Waals surface area (Å²) in [6, 6.07) is 10.9. The average Bonchev–Trinajstić information content (AvgIpc) is 2.99. The van der Waals surface area contributed by atoms with E-state index in [0.29, 0.717) is 11.4 Å². The number of hydrogen-bond acceptors (Lipinski definition) is 3. The van der Waals surface area contributed by atoms with Crippen molar-refractivity contribution in [3.05, 3.63) is 57.8 Å². The van der Waals surface area contributed by atoms with Crippen LogP contribution >= 0.6 is 11.3 Å². The topological polar surface area (TPSA) is 58.2 Å². The molecule has 0 fully saturated rings. The van der Waals surface area contributed by atoms with Gasteiger partial charge >= 0.3 is 0 Å². The lowest BCUT2D eigenvalue weighted by Gasteiger charge is -2.13. The molecule has 2 amide bonds. The fourth-order valence-corrected chi connectivity index (χ4v) is 2.53. The Morgan fingerprint density at radius 1 is 1.24 bits per heavy atom. The van der Waals surface area contributed by atoms with Gasteiger partial charge in [-0.3, -0.25) is 9.59 Å². The van der Waals surface area contributed by atoms with Crippen LogP contribution in [-0.4, -0.2) is 17.9 Å². The molecule has 2 aromatic rings. The number of hydrogen-bond donors (Lipinski definition) is 2. The summed E-state index contributed by atoms with van der Waals surface area (Å²) in [7, 11) is 0. The highest BCUT2D eigenvalue weighted by atomic mass is 32.1. The van der Waals surface area contributed by atoms with Crippen molar-refractivity contribution in [3.8, 4) is 0 Å². The van der Waals surface area contributed by atoms with Crippen molar-refractivity contribution in [2.45, 2.75) is 26.4 Å². The fraction of sp³-hybridized carbons (Fsp3) is 0.250. The molecule has 1 heterocycles. The van der Waals surface area contributed by atoms with E-state index in [2.05, 4.69) is 10.6 Å². The van der Waals surface area contributed by atoms with Crippen LogP contribution in [0.15, 0.2) is 41.8 Å². The second kappa shape index (κ2) is 7.04. The van der Waals surface area contributed by atoms with Crippen molar-refractivity contribution in [1.29, 1.82) is 0 Å². The van der Waals surface area contributed by atoms with Gasteiger partial charge in [0.1, 0.15) is 6.04 Å². The molecule has 0 aliphatic carbocycles. The van der Waals surface area contributed by atoms with Crippen LogP contribution in [0.2, 0.25) is 0 Å². The van der Waals surface area contributed by atoms with E-state index >= 15 is 0 Å². The average molecular weight is 302 g/mol. The molecule has 2 N–H and O–H groups in total. The predicted octanol–water partition coefficient (Wildman–Crippen LogP) is 2.49. The Kier molecular flexibility index (Phi) is 5.11. The zero-order valence-corrected chi connectivity index (χ0v) is 12.9. The molecule has 0 bridgehead atoms. The predicted molar refractivity (Wildman–Crippen MR) is 84.3 cm³/mol. The number of aryl methyl sites for hydroxylation is 1. The van der Waals surface area contributed by atoms with E-state index in [1.54, 1.807) is 13.0 Å². The molecule has 0 aliphatic heterocycles. The Labute approximate surface area is 128 Å². The maximum absolute atomic E-state index is 12.0. The molecule has 1 atom stereocenters. The van der Waals surface area contributed by atoms with Crippen LogP contribution in [-0.2, 0) is 11.3 Å². The van der Waals surface area contributed by atoms with E-state index in [9.17, 15) is 9.59 Å². The number of benzene rings is 1. The number of rotatable bonds is 5. The van der Waals surface area contributed by atoms with E-state index in [1.807, 2.05) is 42.6 Å². The first-order valence-corrected chi connectivity index (χ1v) is 7.62. The summed E-state index contributed by atoms with van der Waals surface area (Å²) in [6.45, 7) is 4.14. The zero-order valence-electron chi connectivity index (χ0n) is 12.1. The van der Waals surface area contributed by atoms with Crippen molar-refractivity contribution in [3.63, 3.8) is 0 Å². The summed E-state index contributed by atoms with van der Waals surface area (Å²) in [6.07, 6.45) is 0.